The largest absolute Gasteiger partial charge is 0.379 e. The normalized spacial score (nSPS) is 18.8. The number of halogens is 1. The van der Waals surface area contributed by atoms with E-state index in [1.807, 2.05) is 7.05 Å². The minimum Gasteiger partial charge on any atom is -0.379 e. The van der Waals surface area contributed by atoms with Crippen LogP contribution >= 0.6 is 24.0 Å². The Bertz CT molecular complexity index is 347. The van der Waals surface area contributed by atoms with E-state index in [2.05, 4.69) is 54.7 Å². The lowest BCUT2D eigenvalue weighted by Gasteiger charge is -2.38. The molecule has 0 aromatic rings. The molecule has 1 atom stereocenters. The number of piperazine rings is 1. The summed E-state index contributed by atoms with van der Waals surface area (Å²) in [5.74, 6) is 1.73. The summed E-state index contributed by atoms with van der Waals surface area (Å²) in [5.41, 5.74) is 0.122. The van der Waals surface area contributed by atoms with E-state index in [0.29, 0.717) is 0 Å². The molecule has 0 aliphatic carbocycles. The smallest absolute Gasteiger partial charge is 0.193 e. The molecule has 138 valence electrons. The fraction of sp³-hybridized carbons (Fsp3) is 0.941. The SMILES string of the molecule is CN=C(NCC(OC)C(C)(C)C)N1CCN(CC(C)C)CC1.I. The van der Waals surface area contributed by atoms with Crippen LogP contribution in [0.4, 0.5) is 0 Å². The van der Waals surface area contributed by atoms with Gasteiger partial charge in [0, 0.05) is 53.4 Å². The Labute approximate surface area is 160 Å². The molecule has 6 heteroatoms. The van der Waals surface area contributed by atoms with E-state index in [0.717, 1.165) is 44.6 Å². The van der Waals surface area contributed by atoms with Gasteiger partial charge in [0.05, 0.1) is 6.10 Å². The van der Waals surface area contributed by atoms with Gasteiger partial charge in [0.1, 0.15) is 0 Å². The maximum Gasteiger partial charge on any atom is 0.193 e. The molecule has 0 saturated carbocycles. The van der Waals surface area contributed by atoms with Gasteiger partial charge in [-0.25, -0.2) is 0 Å². The molecular formula is C17H37IN4O. The van der Waals surface area contributed by atoms with E-state index in [1.165, 1.54) is 6.54 Å². The van der Waals surface area contributed by atoms with Crippen LogP contribution in [0, 0.1) is 11.3 Å². The zero-order valence-corrected chi connectivity index (χ0v) is 18.4. The second-order valence-electron chi connectivity index (χ2n) is 7.70. The van der Waals surface area contributed by atoms with Crippen molar-refractivity contribution in [2.75, 3.05) is 53.4 Å². The Balaban J connectivity index is 0.00000484. The molecule has 1 rings (SSSR count). The van der Waals surface area contributed by atoms with Crippen molar-refractivity contribution in [3.8, 4) is 0 Å². The van der Waals surface area contributed by atoms with Crippen molar-refractivity contribution in [2.45, 2.75) is 40.7 Å². The average Bonchev–Trinajstić information content (AvgIpc) is 2.43. The van der Waals surface area contributed by atoms with Crippen LogP contribution in [-0.4, -0.2) is 75.3 Å². The van der Waals surface area contributed by atoms with Gasteiger partial charge in [-0.3, -0.25) is 9.89 Å². The first kappa shape index (κ1) is 22.9. The van der Waals surface area contributed by atoms with E-state index in [9.17, 15) is 0 Å². The van der Waals surface area contributed by atoms with Gasteiger partial charge >= 0.3 is 0 Å². The lowest BCUT2D eigenvalue weighted by Crippen LogP contribution is -2.54. The van der Waals surface area contributed by atoms with Crippen LogP contribution in [0.5, 0.6) is 0 Å². The molecule has 1 saturated heterocycles. The van der Waals surface area contributed by atoms with Gasteiger partial charge in [-0.05, 0) is 11.3 Å². The first-order valence-corrected chi connectivity index (χ1v) is 8.48. The zero-order chi connectivity index (χ0) is 16.8. The van der Waals surface area contributed by atoms with E-state index >= 15 is 0 Å². The lowest BCUT2D eigenvalue weighted by molar-refractivity contribution is 0.0199. The molecule has 1 unspecified atom stereocenters. The summed E-state index contributed by atoms with van der Waals surface area (Å²) in [6, 6.07) is 0. The Morgan fingerprint density at radius 3 is 2.13 bits per heavy atom. The highest BCUT2D eigenvalue weighted by Crippen LogP contribution is 2.21. The average molecular weight is 440 g/mol. The third kappa shape index (κ3) is 8.03. The summed E-state index contributed by atoms with van der Waals surface area (Å²) in [5, 5.41) is 3.48. The van der Waals surface area contributed by atoms with Gasteiger partial charge in [-0.15, -0.1) is 24.0 Å². The molecule has 0 amide bonds. The quantitative estimate of drug-likeness (QED) is 0.405. The van der Waals surface area contributed by atoms with Crippen LogP contribution < -0.4 is 5.32 Å². The molecule has 0 bridgehead atoms. The van der Waals surface area contributed by atoms with Crippen LogP contribution in [0.1, 0.15) is 34.6 Å². The molecule has 0 aromatic carbocycles. The van der Waals surface area contributed by atoms with E-state index < -0.39 is 0 Å². The standard InChI is InChI=1S/C17H36N4O.HI/c1-14(2)13-20-8-10-21(11-9-20)16(18-6)19-12-15(22-7)17(3,4)5;/h14-15H,8-13H2,1-7H3,(H,18,19);1H. The maximum absolute atomic E-state index is 5.61. The first-order chi connectivity index (χ1) is 10.3. The van der Waals surface area contributed by atoms with E-state index in [1.54, 1.807) is 7.11 Å². The van der Waals surface area contributed by atoms with Crippen LogP contribution in [0.25, 0.3) is 0 Å². The molecule has 0 radical (unpaired) electrons. The highest BCUT2D eigenvalue weighted by molar-refractivity contribution is 14.0. The molecule has 23 heavy (non-hydrogen) atoms. The van der Waals surface area contributed by atoms with Crippen LogP contribution in [-0.2, 0) is 4.74 Å². The molecule has 1 aliphatic heterocycles. The van der Waals surface area contributed by atoms with Crippen molar-refractivity contribution in [1.82, 2.24) is 15.1 Å². The van der Waals surface area contributed by atoms with Gasteiger partial charge in [-0.1, -0.05) is 34.6 Å². The van der Waals surface area contributed by atoms with Crippen LogP contribution in [0.15, 0.2) is 4.99 Å². The highest BCUT2D eigenvalue weighted by Gasteiger charge is 2.26. The third-order valence-electron chi connectivity index (χ3n) is 4.20. The van der Waals surface area contributed by atoms with Crippen LogP contribution in [0.2, 0.25) is 0 Å². The van der Waals surface area contributed by atoms with Crippen molar-refractivity contribution >= 4 is 29.9 Å². The van der Waals surface area contributed by atoms with Crippen molar-refractivity contribution in [3.05, 3.63) is 0 Å². The summed E-state index contributed by atoms with van der Waals surface area (Å²) >= 11 is 0. The molecule has 1 aliphatic rings. The summed E-state index contributed by atoms with van der Waals surface area (Å²) < 4.78 is 5.61. The second-order valence-corrected chi connectivity index (χ2v) is 7.70. The van der Waals surface area contributed by atoms with Crippen LogP contribution in [0.3, 0.4) is 0 Å². The number of nitrogens with zero attached hydrogens (tertiary/aromatic N) is 3. The number of guanidine groups is 1. The fourth-order valence-corrected chi connectivity index (χ4v) is 2.92. The van der Waals surface area contributed by atoms with Gasteiger partial charge in [0.2, 0.25) is 0 Å². The second kappa shape index (κ2) is 10.7. The number of nitrogens with one attached hydrogen (secondary N) is 1. The van der Waals surface area contributed by atoms with E-state index in [-0.39, 0.29) is 35.5 Å². The molecule has 1 N–H and O–H groups in total. The predicted octanol–water partition coefficient (Wildman–Crippen LogP) is 2.51. The molecule has 0 spiro atoms. The van der Waals surface area contributed by atoms with Crippen molar-refractivity contribution in [2.24, 2.45) is 16.3 Å². The molecule has 5 nitrogen and oxygen atoms in total. The minimum absolute atomic E-state index is 0. The highest BCUT2D eigenvalue weighted by atomic mass is 127. The maximum atomic E-state index is 5.61. The Hall–Kier alpha value is -0.0800. The van der Waals surface area contributed by atoms with Gasteiger partial charge < -0.3 is 15.0 Å². The summed E-state index contributed by atoms with van der Waals surface area (Å²) in [6.45, 7) is 17.5. The van der Waals surface area contributed by atoms with Gasteiger partial charge in [-0.2, -0.15) is 0 Å². The summed E-state index contributed by atoms with van der Waals surface area (Å²) in [6.07, 6.45) is 0.173. The zero-order valence-electron chi connectivity index (χ0n) is 16.1. The first-order valence-electron chi connectivity index (χ1n) is 8.48. The third-order valence-corrected chi connectivity index (χ3v) is 4.20. The van der Waals surface area contributed by atoms with E-state index in [4.69, 9.17) is 4.74 Å². The fourth-order valence-electron chi connectivity index (χ4n) is 2.92. The molecule has 1 fully saturated rings. The van der Waals surface area contributed by atoms with Crippen molar-refractivity contribution < 1.29 is 4.74 Å². The Morgan fingerprint density at radius 1 is 1.17 bits per heavy atom. The molecule has 0 aromatic heterocycles. The molecule has 1 heterocycles. The minimum atomic E-state index is 0. The number of ether oxygens (including phenoxy) is 1. The summed E-state index contributed by atoms with van der Waals surface area (Å²) in [4.78, 5) is 9.34. The van der Waals surface area contributed by atoms with Gasteiger partial charge in [0.25, 0.3) is 0 Å². The predicted molar refractivity (Wildman–Crippen MR) is 110 cm³/mol. The lowest BCUT2D eigenvalue weighted by atomic mass is 9.89. The van der Waals surface area contributed by atoms with Gasteiger partial charge in [0.15, 0.2) is 5.96 Å². The number of methoxy groups -OCH3 is 1. The Morgan fingerprint density at radius 2 is 1.74 bits per heavy atom. The Kier molecular flexibility index (Phi) is 10.7. The number of hydrogen-bond acceptors (Lipinski definition) is 3. The van der Waals surface area contributed by atoms with Crippen molar-refractivity contribution in [3.63, 3.8) is 0 Å². The number of aliphatic imine (C=N–C) groups is 1. The number of rotatable bonds is 5. The number of hydrogen-bond donors (Lipinski definition) is 1. The monoisotopic (exact) mass is 440 g/mol. The summed E-state index contributed by atoms with van der Waals surface area (Å²) in [7, 11) is 3.65. The topological polar surface area (TPSA) is 40.1 Å². The molecular weight excluding hydrogens is 403 g/mol. The van der Waals surface area contributed by atoms with Crippen molar-refractivity contribution in [1.29, 1.82) is 0 Å².